The maximum atomic E-state index is 9.81. The average Bonchev–Trinajstić information content (AvgIpc) is 3.25. The molecular formula is C18H15N7O. The van der Waals surface area contributed by atoms with Gasteiger partial charge in [-0.15, -0.1) is 0 Å². The Labute approximate surface area is 148 Å². The minimum Gasteiger partial charge on any atom is -0.508 e. The van der Waals surface area contributed by atoms with Crippen molar-refractivity contribution in [1.82, 2.24) is 19.7 Å². The molecule has 26 heavy (non-hydrogen) atoms. The summed E-state index contributed by atoms with van der Waals surface area (Å²) in [6.07, 6.45) is 1.31. The number of phenolic OH excluding ortho intramolecular Hbond substituents is 1. The van der Waals surface area contributed by atoms with Gasteiger partial charge in [0.1, 0.15) is 5.75 Å². The first-order valence-corrected chi connectivity index (χ1v) is 8.10. The summed E-state index contributed by atoms with van der Waals surface area (Å²) in [6.45, 7) is 0. The standard InChI is InChI=1S/C18H15N7O/c19-17-22-16(25-14-7-2-1-6-13(14)21-18(25)23-17)12-9-20-24-15(12)10-4-3-5-11(26)8-10/h1-9,16,26H,(H,20,24)(H3,19,21,22,23)/t16-/m0/s1. The largest absolute Gasteiger partial charge is 0.508 e. The summed E-state index contributed by atoms with van der Waals surface area (Å²) in [7, 11) is 0. The maximum Gasteiger partial charge on any atom is 0.212 e. The number of aromatic hydroxyl groups is 1. The van der Waals surface area contributed by atoms with Crippen molar-refractivity contribution in [3.05, 3.63) is 60.3 Å². The number of imidazole rings is 1. The lowest BCUT2D eigenvalue weighted by Crippen LogP contribution is -2.31. The van der Waals surface area contributed by atoms with Crippen molar-refractivity contribution < 1.29 is 5.11 Å². The van der Waals surface area contributed by atoms with E-state index in [1.807, 2.05) is 34.9 Å². The summed E-state index contributed by atoms with van der Waals surface area (Å²) in [4.78, 5) is 9.18. The van der Waals surface area contributed by atoms with Crippen LogP contribution in [0.25, 0.3) is 22.3 Å². The van der Waals surface area contributed by atoms with E-state index in [-0.39, 0.29) is 5.75 Å². The van der Waals surface area contributed by atoms with Crippen LogP contribution in [0.2, 0.25) is 0 Å². The SMILES string of the molecule is NC1=N[C@H](c2cn[nH]c2-c2cccc(O)c2)n2c(nc3ccccc32)N1. The molecule has 0 fully saturated rings. The van der Waals surface area contributed by atoms with Gasteiger partial charge in [0.15, 0.2) is 12.1 Å². The first kappa shape index (κ1) is 14.5. The fraction of sp³-hybridized carbons (Fsp3) is 0.0556. The number of rotatable bonds is 2. The number of anilines is 1. The summed E-state index contributed by atoms with van der Waals surface area (Å²) < 4.78 is 1.99. The van der Waals surface area contributed by atoms with Crippen LogP contribution in [-0.2, 0) is 0 Å². The first-order valence-electron chi connectivity index (χ1n) is 8.10. The van der Waals surface area contributed by atoms with Gasteiger partial charge >= 0.3 is 0 Å². The van der Waals surface area contributed by atoms with Gasteiger partial charge in [0.25, 0.3) is 0 Å². The molecule has 0 unspecified atom stereocenters. The molecule has 128 valence electrons. The summed E-state index contributed by atoms with van der Waals surface area (Å²) in [5, 5.41) is 20.0. The van der Waals surface area contributed by atoms with Crippen molar-refractivity contribution in [3.8, 4) is 17.0 Å². The molecule has 0 radical (unpaired) electrons. The molecule has 5 N–H and O–H groups in total. The number of nitrogens with zero attached hydrogens (tertiary/aromatic N) is 4. The Hall–Kier alpha value is -3.81. The van der Waals surface area contributed by atoms with Crippen LogP contribution in [0.1, 0.15) is 11.7 Å². The lowest BCUT2D eigenvalue weighted by molar-refractivity contribution is 0.475. The number of hydrogen-bond acceptors (Lipinski definition) is 6. The number of para-hydroxylation sites is 2. The Kier molecular flexibility index (Phi) is 2.99. The molecule has 0 amide bonds. The lowest BCUT2D eigenvalue weighted by Gasteiger charge is -2.23. The first-order chi connectivity index (χ1) is 12.7. The van der Waals surface area contributed by atoms with Crippen molar-refractivity contribution >= 4 is 22.9 Å². The van der Waals surface area contributed by atoms with Crippen LogP contribution in [0.4, 0.5) is 5.95 Å². The Morgan fingerprint density at radius 1 is 1.12 bits per heavy atom. The Morgan fingerprint density at radius 3 is 2.88 bits per heavy atom. The second-order valence-electron chi connectivity index (χ2n) is 6.06. The van der Waals surface area contributed by atoms with E-state index in [9.17, 15) is 5.11 Å². The Morgan fingerprint density at radius 2 is 2.00 bits per heavy atom. The number of benzene rings is 2. The van der Waals surface area contributed by atoms with Crippen molar-refractivity contribution in [2.45, 2.75) is 6.17 Å². The van der Waals surface area contributed by atoms with Gasteiger partial charge in [0.05, 0.1) is 22.9 Å². The zero-order valence-corrected chi connectivity index (χ0v) is 13.6. The van der Waals surface area contributed by atoms with Crippen LogP contribution in [0.5, 0.6) is 5.75 Å². The number of guanidine groups is 1. The highest BCUT2D eigenvalue weighted by Gasteiger charge is 2.28. The molecule has 0 spiro atoms. The van der Waals surface area contributed by atoms with Gasteiger partial charge < -0.3 is 10.8 Å². The number of phenols is 1. The number of nitrogens with one attached hydrogen (secondary N) is 2. The molecule has 1 atom stereocenters. The fourth-order valence-electron chi connectivity index (χ4n) is 3.31. The van der Waals surface area contributed by atoms with E-state index < -0.39 is 6.17 Å². The van der Waals surface area contributed by atoms with Gasteiger partial charge in [-0.1, -0.05) is 24.3 Å². The van der Waals surface area contributed by atoms with E-state index in [1.165, 1.54) is 0 Å². The minimum absolute atomic E-state index is 0.185. The van der Waals surface area contributed by atoms with Crippen LogP contribution in [0.3, 0.4) is 0 Å². The molecule has 2 aromatic carbocycles. The number of fused-ring (bicyclic) bond motifs is 3. The van der Waals surface area contributed by atoms with Gasteiger partial charge in [-0.25, -0.2) is 9.98 Å². The smallest absolute Gasteiger partial charge is 0.212 e. The van der Waals surface area contributed by atoms with Crippen LogP contribution in [0, 0.1) is 0 Å². The molecule has 2 aromatic heterocycles. The number of nitrogens with two attached hydrogens (primary N) is 1. The minimum atomic E-state index is -0.422. The topological polar surface area (TPSA) is 117 Å². The molecule has 4 aromatic rings. The summed E-state index contributed by atoms with van der Waals surface area (Å²) in [5.41, 5.74) is 10.2. The summed E-state index contributed by atoms with van der Waals surface area (Å²) in [6, 6.07) is 14.8. The number of hydrogen-bond donors (Lipinski definition) is 4. The molecule has 1 aliphatic rings. The third-order valence-electron chi connectivity index (χ3n) is 4.42. The highest BCUT2D eigenvalue weighted by Crippen LogP contribution is 2.36. The zero-order chi connectivity index (χ0) is 17.7. The third kappa shape index (κ3) is 2.12. The normalized spacial score (nSPS) is 16.2. The lowest BCUT2D eigenvalue weighted by atomic mass is 10.1. The predicted octanol–water partition coefficient (Wildman–Crippen LogP) is 2.42. The van der Waals surface area contributed by atoms with E-state index in [0.717, 1.165) is 27.9 Å². The third-order valence-corrected chi connectivity index (χ3v) is 4.42. The number of H-pyrrole nitrogens is 1. The molecule has 0 aliphatic carbocycles. The molecule has 0 saturated carbocycles. The summed E-state index contributed by atoms with van der Waals surface area (Å²) in [5.74, 6) is 1.11. The second-order valence-corrected chi connectivity index (χ2v) is 6.06. The quantitative estimate of drug-likeness (QED) is 0.445. The van der Waals surface area contributed by atoms with Gasteiger partial charge in [0, 0.05) is 11.1 Å². The van der Waals surface area contributed by atoms with Crippen LogP contribution in [-0.4, -0.2) is 30.8 Å². The van der Waals surface area contributed by atoms with Gasteiger partial charge in [-0.05, 0) is 24.3 Å². The number of aromatic nitrogens is 4. The van der Waals surface area contributed by atoms with E-state index in [2.05, 4.69) is 25.5 Å². The monoisotopic (exact) mass is 345 g/mol. The van der Waals surface area contributed by atoms with Gasteiger partial charge in [0.2, 0.25) is 5.95 Å². The van der Waals surface area contributed by atoms with Crippen LogP contribution in [0.15, 0.2) is 59.7 Å². The van der Waals surface area contributed by atoms with E-state index in [1.54, 1.807) is 24.4 Å². The maximum absolute atomic E-state index is 9.81. The highest BCUT2D eigenvalue weighted by atomic mass is 16.3. The molecule has 1 aliphatic heterocycles. The predicted molar refractivity (Wildman–Crippen MR) is 98.8 cm³/mol. The molecule has 3 heterocycles. The Balaban J connectivity index is 1.73. The van der Waals surface area contributed by atoms with Crippen molar-refractivity contribution in [1.29, 1.82) is 0 Å². The van der Waals surface area contributed by atoms with Crippen molar-refractivity contribution in [3.63, 3.8) is 0 Å². The van der Waals surface area contributed by atoms with Crippen molar-refractivity contribution in [2.24, 2.45) is 10.7 Å². The Bertz CT molecular complexity index is 1160. The highest BCUT2D eigenvalue weighted by molar-refractivity contribution is 5.95. The number of aliphatic imine (C=N–C) groups is 1. The van der Waals surface area contributed by atoms with E-state index in [0.29, 0.717) is 11.9 Å². The van der Waals surface area contributed by atoms with Crippen LogP contribution >= 0.6 is 0 Å². The molecule has 8 nitrogen and oxygen atoms in total. The number of aromatic amines is 1. The van der Waals surface area contributed by atoms with E-state index >= 15 is 0 Å². The zero-order valence-electron chi connectivity index (χ0n) is 13.6. The van der Waals surface area contributed by atoms with Gasteiger partial charge in [-0.2, -0.15) is 5.10 Å². The molecular weight excluding hydrogens is 330 g/mol. The molecule has 0 saturated heterocycles. The molecule has 8 heteroatoms. The van der Waals surface area contributed by atoms with Crippen LogP contribution < -0.4 is 11.1 Å². The van der Waals surface area contributed by atoms with Crippen molar-refractivity contribution in [2.75, 3.05) is 5.32 Å². The van der Waals surface area contributed by atoms with E-state index in [4.69, 9.17) is 5.73 Å². The second kappa shape index (κ2) is 5.35. The molecule has 5 rings (SSSR count). The summed E-state index contributed by atoms with van der Waals surface area (Å²) >= 11 is 0. The fourth-order valence-corrected chi connectivity index (χ4v) is 3.31. The molecule has 0 bridgehead atoms. The average molecular weight is 345 g/mol. The van der Waals surface area contributed by atoms with Gasteiger partial charge in [-0.3, -0.25) is 15.0 Å².